The number of furan rings is 1. The minimum atomic E-state index is -0.127. The van der Waals surface area contributed by atoms with Gasteiger partial charge in [0.05, 0.1) is 5.69 Å². The summed E-state index contributed by atoms with van der Waals surface area (Å²) in [5.41, 5.74) is 12.9. The van der Waals surface area contributed by atoms with Gasteiger partial charge >= 0.3 is 0 Å². The van der Waals surface area contributed by atoms with Crippen LogP contribution in [0.1, 0.15) is 25.0 Å². The minimum Gasteiger partial charge on any atom is -0.455 e. The van der Waals surface area contributed by atoms with Crippen LogP contribution in [0.25, 0.3) is 55.0 Å². The third kappa shape index (κ3) is 3.82. The maximum atomic E-state index is 6.49. The summed E-state index contributed by atoms with van der Waals surface area (Å²) in [5, 5.41) is 4.64. The number of hydrogen-bond acceptors (Lipinski definition) is 2. The lowest BCUT2D eigenvalue weighted by Crippen LogP contribution is -2.20. The molecule has 9 rings (SSSR count). The molecule has 0 unspecified atom stereocenters. The van der Waals surface area contributed by atoms with Crippen LogP contribution in [-0.2, 0) is 5.41 Å². The highest BCUT2D eigenvalue weighted by Crippen LogP contribution is 2.54. The highest BCUT2D eigenvalue weighted by molar-refractivity contribution is 6.19. The number of benzene rings is 7. The first-order chi connectivity index (χ1) is 22.1. The molecule has 7 aromatic carbocycles. The molecule has 8 aromatic rings. The summed E-state index contributed by atoms with van der Waals surface area (Å²) in [6.07, 6.45) is 0. The summed E-state index contributed by atoms with van der Waals surface area (Å²) in [5.74, 6) is 0. The summed E-state index contributed by atoms with van der Waals surface area (Å²) in [6.45, 7) is 4.71. The Morgan fingerprint density at radius 1 is 0.511 bits per heavy atom. The van der Waals surface area contributed by atoms with Crippen LogP contribution in [-0.4, -0.2) is 0 Å². The molecule has 1 aromatic heterocycles. The zero-order valence-corrected chi connectivity index (χ0v) is 25.3. The van der Waals surface area contributed by atoms with E-state index in [-0.39, 0.29) is 5.41 Å². The lowest BCUT2D eigenvalue weighted by atomic mass is 9.81. The number of para-hydroxylation sites is 1. The van der Waals surface area contributed by atoms with Crippen molar-refractivity contribution < 1.29 is 4.42 Å². The first kappa shape index (κ1) is 25.9. The number of rotatable bonds is 4. The first-order valence-corrected chi connectivity index (χ1v) is 15.6. The van der Waals surface area contributed by atoms with Gasteiger partial charge in [0.25, 0.3) is 0 Å². The zero-order chi connectivity index (χ0) is 30.1. The monoisotopic (exact) mass is 577 g/mol. The topological polar surface area (TPSA) is 16.4 Å². The Hall–Kier alpha value is -5.60. The molecule has 0 saturated carbocycles. The van der Waals surface area contributed by atoms with Crippen molar-refractivity contribution in [1.29, 1.82) is 0 Å². The smallest absolute Gasteiger partial charge is 0.143 e. The second-order valence-corrected chi connectivity index (χ2v) is 12.5. The zero-order valence-electron chi connectivity index (χ0n) is 25.3. The number of hydrogen-bond donors (Lipinski definition) is 0. The highest BCUT2D eigenvalue weighted by Gasteiger charge is 2.38. The average Bonchev–Trinajstić information content (AvgIpc) is 3.59. The Morgan fingerprint density at radius 2 is 1.20 bits per heavy atom. The minimum absolute atomic E-state index is 0.127. The Balaban J connectivity index is 1.21. The predicted octanol–water partition coefficient (Wildman–Crippen LogP) is 12.2. The summed E-state index contributed by atoms with van der Waals surface area (Å²) in [6, 6.07) is 54.6. The lowest BCUT2D eigenvalue weighted by Gasteiger charge is -2.32. The molecule has 0 aliphatic heterocycles. The summed E-state index contributed by atoms with van der Waals surface area (Å²) < 4.78 is 6.49. The molecule has 0 N–H and O–H groups in total. The Kier molecular flexibility index (Phi) is 5.58. The normalized spacial score (nSPS) is 13.3. The molecule has 2 heteroatoms. The van der Waals surface area contributed by atoms with Gasteiger partial charge in [-0.15, -0.1) is 0 Å². The molecule has 0 amide bonds. The third-order valence-corrected chi connectivity index (χ3v) is 9.64. The molecule has 214 valence electrons. The van der Waals surface area contributed by atoms with Crippen molar-refractivity contribution in [2.24, 2.45) is 0 Å². The van der Waals surface area contributed by atoms with Gasteiger partial charge in [0, 0.05) is 32.9 Å². The van der Waals surface area contributed by atoms with E-state index in [1.54, 1.807) is 0 Å². The molecule has 2 nitrogen and oxygen atoms in total. The van der Waals surface area contributed by atoms with E-state index in [0.717, 1.165) is 38.7 Å². The molecule has 1 heterocycles. The van der Waals surface area contributed by atoms with Gasteiger partial charge in [-0.3, -0.25) is 0 Å². The number of nitrogens with zero attached hydrogens (tertiary/aromatic N) is 1. The van der Waals surface area contributed by atoms with Crippen LogP contribution in [0.4, 0.5) is 17.1 Å². The van der Waals surface area contributed by atoms with Crippen LogP contribution in [0.15, 0.2) is 156 Å². The van der Waals surface area contributed by atoms with Crippen LogP contribution in [0.3, 0.4) is 0 Å². The molecular formula is C43H31NO. The van der Waals surface area contributed by atoms with E-state index in [1.807, 2.05) is 0 Å². The van der Waals surface area contributed by atoms with Crippen molar-refractivity contribution in [2.45, 2.75) is 19.3 Å². The average molecular weight is 578 g/mol. The van der Waals surface area contributed by atoms with Gasteiger partial charge in [-0.05, 0) is 81.2 Å². The molecule has 0 radical (unpaired) electrons. The van der Waals surface area contributed by atoms with E-state index in [1.165, 1.54) is 44.5 Å². The van der Waals surface area contributed by atoms with Crippen molar-refractivity contribution in [3.8, 4) is 22.3 Å². The van der Waals surface area contributed by atoms with Gasteiger partial charge in [0.2, 0.25) is 0 Å². The second-order valence-electron chi connectivity index (χ2n) is 12.5. The first-order valence-electron chi connectivity index (χ1n) is 15.6. The summed E-state index contributed by atoms with van der Waals surface area (Å²) >= 11 is 0. The fourth-order valence-corrected chi connectivity index (χ4v) is 7.59. The maximum Gasteiger partial charge on any atom is 0.143 e. The van der Waals surface area contributed by atoms with Crippen molar-refractivity contribution in [3.05, 3.63) is 163 Å². The third-order valence-electron chi connectivity index (χ3n) is 9.64. The maximum absolute atomic E-state index is 6.49. The fourth-order valence-electron chi connectivity index (χ4n) is 7.59. The number of fused-ring (bicyclic) bond motifs is 8. The SMILES string of the molecule is CC1(C)c2ccccc2-c2cccc(N(c3ccccc3)c3ccc(-c4cccc5oc6c7ccccc7ccc6c45)cc3)c21. The fraction of sp³-hybridized carbons (Fsp3) is 0.0698. The van der Waals surface area contributed by atoms with Crippen LogP contribution < -0.4 is 4.90 Å². The molecule has 1 aliphatic carbocycles. The van der Waals surface area contributed by atoms with Gasteiger partial charge < -0.3 is 9.32 Å². The molecule has 45 heavy (non-hydrogen) atoms. The van der Waals surface area contributed by atoms with Crippen LogP contribution in [0.2, 0.25) is 0 Å². The van der Waals surface area contributed by atoms with Crippen LogP contribution in [0.5, 0.6) is 0 Å². The molecule has 0 saturated heterocycles. The molecule has 1 aliphatic rings. The van der Waals surface area contributed by atoms with Gasteiger partial charge in [-0.2, -0.15) is 0 Å². The Labute approximate surface area is 262 Å². The van der Waals surface area contributed by atoms with Crippen molar-refractivity contribution >= 4 is 49.8 Å². The molecule has 0 atom stereocenters. The molecule has 0 spiro atoms. The second kappa shape index (κ2) is 9.70. The van der Waals surface area contributed by atoms with Gasteiger partial charge in [0.15, 0.2) is 0 Å². The highest BCUT2D eigenvalue weighted by atomic mass is 16.3. The summed E-state index contributed by atoms with van der Waals surface area (Å²) in [7, 11) is 0. The van der Waals surface area contributed by atoms with E-state index < -0.39 is 0 Å². The van der Waals surface area contributed by atoms with Crippen LogP contribution >= 0.6 is 0 Å². The van der Waals surface area contributed by atoms with Gasteiger partial charge in [-0.1, -0.05) is 123 Å². The lowest BCUT2D eigenvalue weighted by molar-refractivity contribution is 0.661. The van der Waals surface area contributed by atoms with Gasteiger partial charge in [-0.25, -0.2) is 0 Å². The largest absolute Gasteiger partial charge is 0.455 e. The Morgan fingerprint density at radius 3 is 2.07 bits per heavy atom. The van der Waals surface area contributed by atoms with Crippen molar-refractivity contribution in [2.75, 3.05) is 4.90 Å². The van der Waals surface area contributed by atoms with E-state index in [9.17, 15) is 0 Å². The quantitative estimate of drug-likeness (QED) is 0.207. The summed E-state index contributed by atoms with van der Waals surface area (Å²) in [4.78, 5) is 2.41. The van der Waals surface area contributed by atoms with E-state index >= 15 is 0 Å². The van der Waals surface area contributed by atoms with Crippen molar-refractivity contribution in [1.82, 2.24) is 0 Å². The van der Waals surface area contributed by atoms with E-state index in [2.05, 4.69) is 170 Å². The molecule has 0 bridgehead atoms. The Bertz CT molecular complexity index is 2400. The number of anilines is 3. The standard InChI is InChI=1S/C43H31NO/c1-43(2)37-19-9-8-16-34(37)35-18-10-20-38(41(35)43)44(30-13-4-3-5-14-30)31-25-22-29(23-26-31)32-17-11-21-39-40(32)36-27-24-28-12-6-7-15-33(28)42(36)45-39/h3-27H,1-2H3. The predicted molar refractivity (Wildman–Crippen MR) is 189 cm³/mol. The molecule has 0 fully saturated rings. The van der Waals surface area contributed by atoms with Crippen molar-refractivity contribution in [3.63, 3.8) is 0 Å². The molecular weight excluding hydrogens is 546 g/mol. The van der Waals surface area contributed by atoms with E-state index in [0.29, 0.717) is 0 Å². The van der Waals surface area contributed by atoms with Crippen LogP contribution in [0, 0.1) is 0 Å². The van der Waals surface area contributed by atoms with Gasteiger partial charge in [0.1, 0.15) is 11.2 Å². The van der Waals surface area contributed by atoms with E-state index in [4.69, 9.17) is 4.42 Å².